The predicted molar refractivity (Wildman–Crippen MR) is 117 cm³/mol. The van der Waals surface area contributed by atoms with E-state index in [0.717, 1.165) is 30.1 Å². The minimum atomic E-state index is -3.77. The Balaban J connectivity index is 1.45. The van der Waals surface area contributed by atoms with Crippen LogP contribution in [0.15, 0.2) is 59.8 Å². The number of nitrogens with zero attached hydrogens (tertiary/aromatic N) is 3. The minimum absolute atomic E-state index is 0.130. The number of hydrogen-bond acceptors (Lipinski definition) is 8. The zero-order valence-corrected chi connectivity index (χ0v) is 18.3. The van der Waals surface area contributed by atoms with Crippen molar-refractivity contribution in [3.05, 3.63) is 66.0 Å². The number of rotatable bonds is 5. The molecule has 0 aliphatic carbocycles. The molecular formula is C21H22N4O4S2. The number of anilines is 1. The first kappa shape index (κ1) is 20.4. The van der Waals surface area contributed by atoms with E-state index in [1.807, 2.05) is 24.3 Å². The van der Waals surface area contributed by atoms with Crippen molar-refractivity contribution in [2.24, 2.45) is 0 Å². The molecule has 0 bridgehead atoms. The van der Waals surface area contributed by atoms with Gasteiger partial charge in [0.2, 0.25) is 5.13 Å². The van der Waals surface area contributed by atoms with E-state index in [9.17, 15) is 8.42 Å². The molecular weight excluding hydrogens is 436 g/mol. The minimum Gasteiger partial charge on any atom is -0.493 e. The first-order valence-electron chi connectivity index (χ1n) is 10.1. The Kier molecular flexibility index (Phi) is 5.61. The number of aromatic nitrogens is 2. The summed E-state index contributed by atoms with van der Waals surface area (Å²) in [6.07, 6.45) is 2.15. The van der Waals surface area contributed by atoms with Crippen LogP contribution in [0.25, 0.3) is 0 Å². The molecule has 5 rings (SSSR count). The smallest absolute Gasteiger partial charge is 0.263 e. The van der Waals surface area contributed by atoms with Gasteiger partial charge in [0, 0.05) is 42.2 Å². The van der Waals surface area contributed by atoms with Crippen molar-refractivity contribution in [3.8, 4) is 5.75 Å². The van der Waals surface area contributed by atoms with E-state index in [4.69, 9.17) is 9.47 Å². The second-order valence-electron chi connectivity index (χ2n) is 7.44. The highest BCUT2D eigenvalue weighted by Crippen LogP contribution is 2.42. The fourth-order valence-corrected chi connectivity index (χ4v) is 5.88. The van der Waals surface area contributed by atoms with Gasteiger partial charge >= 0.3 is 0 Å². The molecule has 2 aliphatic rings. The van der Waals surface area contributed by atoms with Crippen LogP contribution in [-0.2, 0) is 14.8 Å². The highest BCUT2D eigenvalue weighted by molar-refractivity contribution is 7.93. The second-order valence-corrected chi connectivity index (χ2v) is 9.91. The molecule has 31 heavy (non-hydrogen) atoms. The molecule has 0 radical (unpaired) electrons. The van der Waals surface area contributed by atoms with Gasteiger partial charge in [0.15, 0.2) is 0 Å². The van der Waals surface area contributed by atoms with Gasteiger partial charge in [0.25, 0.3) is 10.0 Å². The van der Waals surface area contributed by atoms with Gasteiger partial charge in [-0.05, 0) is 11.6 Å². The molecule has 1 unspecified atom stereocenters. The maximum atomic E-state index is 12.8. The zero-order valence-electron chi connectivity index (χ0n) is 16.7. The lowest BCUT2D eigenvalue weighted by Gasteiger charge is -2.43. The molecule has 2 atom stereocenters. The van der Waals surface area contributed by atoms with Crippen LogP contribution in [0.3, 0.4) is 0 Å². The number of nitrogens with one attached hydrogen (secondary N) is 1. The Bertz CT molecular complexity index is 1140. The molecule has 1 N–H and O–H groups in total. The third kappa shape index (κ3) is 4.16. The average Bonchev–Trinajstić information content (AvgIpc) is 3.31. The number of sulfonamides is 1. The third-order valence-electron chi connectivity index (χ3n) is 5.64. The summed E-state index contributed by atoms with van der Waals surface area (Å²) in [5.41, 5.74) is 2.22. The maximum absolute atomic E-state index is 12.8. The lowest BCUT2D eigenvalue weighted by Crippen LogP contribution is -2.43. The van der Waals surface area contributed by atoms with Crippen LogP contribution < -0.4 is 9.46 Å². The molecule has 3 heterocycles. The van der Waals surface area contributed by atoms with E-state index in [2.05, 4.69) is 31.1 Å². The molecule has 0 amide bonds. The fraction of sp³-hybridized carbons (Fsp3) is 0.333. The average molecular weight is 459 g/mol. The molecule has 1 saturated heterocycles. The topological polar surface area (TPSA) is 93.7 Å². The Labute approximate surface area is 185 Å². The van der Waals surface area contributed by atoms with Crippen molar-refractivity contribution in [1.82, 2.24) is 14.3 Å². The lowest BCUT2D eigenvalue weighted by atomic mass is 9.94. The third-order valence-corrected chi connectivity index (χ3v) is 7.69. The van der Waals surface area contributed by atoms with Crippen LogP contribution >= 0.6 is 11.5 Å². The summed E-state index contributed by atoms with van der Waals surface area (Å²) in [6.45, 7) is 2.65. The van der Waals surface area contributed by atoms with E-state index < -0.39 is 10.0 Å². The summed E-state index contributed by atoms with van der Waals surface area (Å²) in [5, 5.41) is 0.232. The van der Waals surface area contributed by atoms with Crippen LogP contribution in [0.1, 0.15) is 29.6 Å². The lowest BCUT2D eigenvalue weighted by molar-refractivity contribution is -0.0385. The molecule has 8 nitrogen and oxygen atoms in total. The Morgan fingerprint density at radius 3 is 2.77 bits per heavy atom. The predicted octanol–water partition coefficient (Wildman–Crippen LogP) is 3.24. The van der Waals surface area contributed by atoms with Crippen LogP contribution in [0.5, 0.6) is 5.75 Å². The Morgan fingerprint density at radius 2 is 1.97 bits per heavy atom. The molecule has 0 saturated carbocycles. The van der Waals surface area contributed by atoms with Crippen molar-refractivity contribution in [3.63, 3.8) is 0 Å². The number of hydrogen-bond donors (Lipinski definition) is 1. The largest absolute Gasteiger partial charge is 0.493 e. The summed E-state index contributed by atoms with van der Waals surface area (Å²) in [6, 6.07) is 15.7. The first-order valence-corrected chi connectivity index (χ1v) is 12.3. The van der Waals surface area contributed by atoms with Gasteiger partial charge in [-0.15, -0.1) is 0 Å². The number of benzene rings is 2. The van der Waals surface area contributed by atoms with E-state index >= 15 is 0 Å². The molecule has 0 spiro atoms. The summed E-state index contributed by atoms with van der Waals surface area (Å²) in [5.74, 6) is 0.606. The Morgan fingerprint density at radius 1 is 1.10 bits per heavy atom. The highest BCUT2D eigenvalue weighted by atomic mass is 32.2. The van der Waals surface area contributed by atoms with Gasteiger partial charge in [0.05, 0.1) is 30.8 Å². The van der Waals surface area contributed by atoms with Crippen molar-refractivity contribution in [2.75, 3.05) is 31.1 Å². The van der Waals surface area contributed by atoms with Crippen LogP contribution in [0.2, 0.25) is 0 Å². The van der Waals surface area contributed by atoms with E-state index in [1.54, 1.807) is 12.1 Å². The van der Waals surface area contributed by atoms with E-state index in [1.165, 1.54) is 11.9 Å². The van der Waals surface area contributed by atoms with E-state index in [0.29, 0.717) is 25.6 Å². The zero-order chi connectivity index (χ0) is 21.3. The molecule has 162 valence electrons. The van der Waals surface area contributed by atoms with Crippen LogP contribution in [0, 0.1) is 0 Å². The molecule has 2 aliphatic heterocycles. The highest BCUT2D eigenvalue weighted by Gasteiger charge is 2.35. The van der Waals surface area contributed by atoms with Gasteiger partial charge in [0.1, 0.15) is 12.1 Å². The van der Waals surface area contributed by atoms with Gasteiger partial charge < -0.3 is 9.47 Å². The summed E-state index contributed by atoms with van der Waals surface area (Å²) in [7, 11) is -3.77. The maximum Gasteiger partial charge on any atom is 0.263 e. The number of morpholine rings is 1. The van der Waals surface area contributed by atoms with Crippen molar-refractivity contribution >= 4 is 26.7 Å². The van der Waals surface area contributed by atoms with Crippen molar-refractivity contribution < 1.29 is 17.9 Å². The molecule has 1 aromatic heterocycles. The van der Waals surface area contributed by atoms with Crippen molar-refractivity contribution in [1.29, 1.82) is 0 Å². The standard InChI is InChI=1S/C21H22N4O4S2/c26-31(27,24-21-22-14-23-30-21)16-6-7-17-18(8-10-29-20(17)12-16)25-9-11-28-13-19(25)15-4-2-1-3-5-15/h1-7,12,14,18-19H,8-11,13H2,(H,22,23,24)/t18?,19-/m0/s1. The first-order chi connectivity index (χ1) is 15.1. The van der Waals surface area contributed by atoms with Crippen LogP contribution in [0.4, 0.5) is 5.13 Å². The second kappa shape index (κ2) is 8.54. The number of fused-ring (bicyclic) bond motifs is 1. The normalized spacial score (nSPS) is 21.8. The fourth-order valence-electron chi connectivity index (χ4n) is 4.21. The van der Waals surface area contributed by atoms with Gasteiger partial charge in [-0.2, -0.15) is 4.37 Å². The van der Waals surface area contributed by atoms with E-state index in [-0.39, 0.29) is 22.1 Å². The van der Waals surface area contributed by atoms with Gasteiger partial charge in [-0.3, -0.25) is 9.62 Å². The monoisotopic (exact) mass is 458 g/mol. The summed E-state index contributed by atoms with van der Waals surface area (Å²) < 4.78 is 43.5. The Hall–Kier alpha value is -2.53. The molecule has 10 heteroatoms. The van der Waals surface area contributed by atoms with Crippen molar-refractivity contribution in [2.45, 2.75) is 23.4 Å². The molecule has 3 aromatic rings. The molecule has 1 fully saturated rings. The SMILES string of the molecule is O=S(=O)(Nc1ncns1)c1ccc2c(c1)OCCC2N1CCOC[C@H]1c1ccccc1. The van der Waals surface area contributed by atoms with Crippen LogP contribution in [-0.4, -0.2) is 49.0 Å². The van der Waals surface area contributed by atoms with Gasteiger partial charge in [-0.1, -0.05) is 36.4 Å². The van der Waals surface area contributed by atoms with Gasteiger partial charge in [-0.25, -0.2) is 13.4 Å². The quantitative estimate of drug-likeness (QED) is 0.627. The summed E-state index contributed by atoms with van der Waals surface area (Å²) >= 11 is 0.989. The number of ether oxygens (including phenoxy) is 2. The molecule has 2 aromatic carbocycles. The summed E-state index contributed by atoms with van der Waals surface area (Å²) in [4.78, 5) is 6.49.